The highest BCUT2D eigenvalue weighted by molar-refractivity contribution is 5.79. The van der Waals surface area contributed by atoms with Gasteiger partial charge in [0.05, 0.1) is 13.2 Å². The van der Waals surface area contributed by atoms with Crippen molar-refractivity contribution >= 4 is 11.9 Å². The van der Waals surface area contributed by atoms with Gasteiger partial charge in [-0.1, -0.05) is 12.0 Å². The normalized spacial score (nSPS) is 32.5. The van der Waals surface area contributed by atoms with Gasteiger partial charge in [-0.2, -0.15) is 0 Å². The maximum Gasteiger partial charge on any atom is 0.318 e. The maximum atomic E-state index is 13.2. The van der Waals surface area contributed by atoms with Gasteiger partial charge in [-0.05, 0) is 44.4 Å². The van der Waals surface area contributed by atoms with E-state index < -0.39 is 0 Å². The van der Waals surface area contributed by atoms with E-state index in [2.05, 4.69) is 26.9 Å². The van der Waals surface area contributed by atoms with Crippen LogP contribution >= 0.6 is 0 Å². The number of aromatic nitrogens is 2. The van der Waals surface area contributed by atoms with Crippen LogP contribution in [0, 0.1) is 24.2 Å². The molecule has 3 aliphatic rings. The minimum absolute atomic E-state index is 0.0469. The van der Waals surface area contributed by atoms with Crippen LogP contribution < -0.4 is 4.90 Å². The van der Waals surface area contributed by atoms with Gasteiger partial charge in [0.2, 0.25) is 11.8 Å². The standard InChI is InChI=1S/C20H32N4O3/c1-15-4-6-17(7-5-15)18(25)23-9-3-8-20(12-23)13-24(10-11-26-14-20)19-22-21-16(2)27-19/h15,17H,3-14H2,1-2H3. The van der Waals surface area contributed by atoms with Crippen molar-refractivity contribution < 1.29 is 13.9 Å². The predicted octanol–water partition coefficient (Wildman–Crippen LogP) is 2.65. The molecular weight excluding hydrogens is 344 g/mol. The second-order valence-electron chi connectivity index (χ2n) is 8.90. The first-order valence-electron chi connectivity index (χ1n) is 10.5. The van der Waals surface area contributed by atoms with Crippen LogP contribution in [0.3, 0.4) is 0 Å². The molecule has 0 N–H and O–H groups in total. The lowest BCUT2D eigenvalue weighted by Crippen LogP contribution is -2.53. The Morgan fingerprint density at radius 1 is 1.15 bits per heavy atom. The number of nitrogens with zero attached hydrogens (tertiary/aromatic N) is 4. The summed E-state index contributed by atoms with van der Waals surface area (Å²) in [5.74, 6) is 1.93. The van der Waals surface area contributed by atoms with Crippen molar-refractivity contribution in [2.45, 2.75) is 52.4 Å². The molecule has 1 unspecified atom stereocenters. The molecule has 0 bridgehead atoms. The first-order valence-corrected chi connectivity index (χ1v) is 10.5. The molecule has 1 aliphatic carbocycles. The second kappa shape index (κ2) is 7.78. The van der Waals surface area contributed by atoms with Gasteiger partial charge in [-0.3, -0.25) is 4.79 Å². The van der Waals surface area contributed by atoms with Crippen molar-refractivity contribution in [3.63, 3.8) is 0 Å². The van der Waals surface area contributed by atoms with Gasteiger partial charge in [0.1, 0.15) is 0 Å². The fourth-order valence-electron chi connectivity index (χ4n) is 4.98. The minimum Gasteiger partial charge on any atom is -0.408 e. The number of amides is 1. The lowest BCUT2D eigenvalue weighted by molar-refractivity contribution is -0.141. The average molecular weight is 377 g/mol. The Labute approximate surface area is 161 Å². The van der Waals surface area contributed by atoms with Crippen LogP contribution in [-0.2, 0) is 9.53 Å². The number of carbonyl (C=O) groups is 1. The molecule has 1 amide bonds. The van der Waals surface area contributed by atoms with Crippen LogP contribution in [0.25, 0.3) is 0 Å². The van der Waals surface area contributed by atoms with E-state index in [9.17, 15) is 4.79 Å². The quantitative estimate of drug-likeness (QED) is 0.790. The highest BCUT2D eigenvalue weighted by atomic mass is 16.5. The largest absolute Gasteiger partial charge is 0.408 e. The van der Waals surface area contributed by atoms with E-state index in [1.54, 1.807) is 0 Å². The summed E-state index contributed by atoms with van der Waals surface area (Å²) in [5, 5.41) is 8.17. The van der Waals surface area contributed by atoms with Crippen LogP contribution in [0.2, 0.25) is 0 Å². The monoisotopic (exact) mass is 376 g/mol. The molecule has 2 aliphatic heterocycles. The second-order valence-corrected chi connectivity index (χ2v) is 8.90. The summed E-state index contributed by atoms with van der Waals surface area (Å²) in [4.78, 5) is 17.4. The molecule has 0 radical (unpaired) electrons. The molecule has 150 valence electrons. The van der Waals surface area contributed by atoms with Gasteiger partial charge in [0.25, 0.3) is 0 Å². The summed E-state index contributed by atoms with van der Waals surface area (Å²) in [5.41, 5.74) is -0.0469. The van der Waals surface area contributed by atoms with Gasteiger partial charge >= 0.3 is 6.01 Å². The predicted molar refractivity (Wildman–Crippen MR) is 101 cm³/mol. The van der Waals surface area contributed by atoms with E-state index in [1.807, 2.05) is 6.92 Å². The molecule has 3 heterocycles. The van der Waals surface area contributed by atoms with E-state index in [0.29, 0.717) is 31.0 Å². The molecule has 7 heteroatoms. The number of hydrogen-bond acceptors (Lipinski definition) is 6. The molecule has 1 spiro atoms. The smallest absolute Gasteiger partial charge is 0.318 e. The molecule has 3 fully saturated rings. The van der Waals surface area contributed by atoms with Crippen LogP contribution in [-0.4, -0.2) is 60.4 Å². The first-order chi connectivity index (χ1) is 13.0. The Bertz CT molecular complexity index is 655. The minimum atomic E-state index is -0.0469. The number of carbonyl (C=O) groups excluding carboxylic acids is 1. The number of rotatable bonds is 2. The van der Waals surface area contributed by atoms with Crippen molar-refractivity contribution in [2.75, 3.05) is 44.3 Å². The first kappa shape index (κ1) is 18.7. The van der Waals surface area contributed by atoms with Gasteiger partial charge in [0.15, 0.2) is 0 Å². The summed E-state index contributed by atoms with van der Waals surface area (Å²) >= 11 is 0. The molecule has 2 saturated heterocycles. The Balaban J connectivity index is 1.45. The molecule has 1 atom stereocenters. The lowest BCUT2D eigenvalue weighted by Gasteiger charge is -2.44. The van der Waals surface area contributed by atoms with Crippen LogP contribution in [0.4, 0.5) is 6.01 Å². The summed E-state index contributed by atoms with van der Waals surface area (Å²) in [6.45, 7) is 8.67. The molecular formula is C20H32N4O3. The molecule has 1 aromatic rings. The Kier molecular flexibility index (Phi) is 5.39. The number of ether oxygens (including phenoxy) is 1. The zero-order valence-electron chi connectivity index (χ0n) is 16.7. The van der Waals surface area contributed by atoms with Gasteiger partial charge < -0.3 is 19.0 Å². The number of hydrogen-bond donors (Lipinski definition) is 0. The Morgan fingerprint density at radius 2 is 1.96 bits per heavy atom. The topological polar surface area (TPSA) is 71.7 Å². The summed E-state index contributed by atoms with van der Waals surface area (Å²) in [6, 6.07) is 0.571. The number of aryl methyl sites for hydroxylation is 1. The molecule has 7 nitrogen and oxygen atoms in total. The molecule has 27 heavy (non-hydrogen) atoms. The van der Waals surface area contributed by atoms with Crippen molar-refractivity contribution in [3.8, 4) is 0 Å². The highest BCUT2D eigenvalue weighted by Gasteiger charge is 2.42. The summed E-state index contributed by atoms with van der Waals surface area (Å²) in [7, 11) is 0. The molecule has 1 aromatic heterocycles. The third-order valence-corrected chi connectivity index (χ3v) is 6.56. The Hall–Kier alpha value is -1.63. The van der Waals surface area contributed by atoms with Crippen molar-refractivity contribution in [1.82, 2.24) is 15.1 Å². The zero-order chi connectivity index (χ0) is 18.9. The Morgan fingerprint density at radius 3 is 2.70 bits per heavy atom. The maximum absolute atomic E-state index is 13.2. The number of piperidine rings is 1. The van der Waals surface area contributed by atoms with Crippen LogP contribution in [0.1, 0.15) is 51.3 Å². The lowest BCUT2D eigenvalue weighted by atomic mass is 9.78. The van der Waals surface area contributed by atoms with E-state index in [-0.39, 0.29) is 11.3 Å². The van der Waals surface area contributed by atoms with Gasteiger partial charge in [-0.15, -0.1) is 5.10 Å². The zero-order valence-corrected chi connectivity index (χ0v) is 16.7. The van der Waals surface area contributed by atoms with E-state index in [4.69, 9.17) is 9.15 Å². The molecule has 1 saturated carbocycles. The van der Waals surface area contributed by atoms with Crippen molar-refractivity contribution in [3.05, 3.63) is 5.89 Å². The molecule has 4 rings (SSSR count). The summed E-state index contributed by atoms with van der Waals surface area (Å²) < 4.78 is 11.6. The van der Waals surface area contributed by atoms with Crippen LogP contribution in [0.5, 0.6) is 0 Å². The van der Waals surface area contributed by atoms with Gasteiger partial charge in [-0.25, -0.2) is 0 Å². The third kappa shape index (κ3) is 4.13. The molecule has 0 aromatic carbocycles. The number of anilines is 1. The average Bonchev–Trinajstić information content (AvgIpc) is 3.01. The highest BCUT2D eigenvalue weighted by Crippen LogP contribution is 2.36. The van der Waals surface area contributed by atoms with Gasteiger partial charge in [0, 0.05) is 44.4 Å². The van der Waals surface area contributed by atoms with E-state index >= 15 is 0 Å². The van der Waals surface area contributed by atoms with E-state index in [0.717, 1.165) is 57.8 Å². The van der Waals surface area contributed by atoms with Crippen LogP contribution in [0.15, 0.2) is 4.42 Å². The SMILES string of the molecule is Cc1nnc(N2CCOCC3(CCCN(C(=O)C4CCC(C)CC4)C3)C2)o1. The number of likely N-dealkylation sites (tertiary alicyclic amines) is 1. The van der Waals surface area contributed by atoms with Crippen molar-refractivity contribution in [2.24, 2.45) is 17.3 Å². The fraction of sp³-hybridized carbons (Fsp3) is 0.850. The summed E-state index contributed by atoms with van der Waals surface area (Å²) in [6.07, 6.45) is 6.57. The third-order valence-electron chi connectivity index (χ3n) is 6.56. The van der Waals surface area contributed by atoms with Crippen molar-refractivity contribution in [1.29, 1.82) is 0 Å². The fourth-order valence-corrected chi connectivity index (χ4v) is 4.98. The van der Waals surface area contributed by atoms with E-state index in [1.165, 1.54) is 12.8 Å².